The van der Waals surface area contributed by atoms with Crippen LogP contribution in [0.5, 0.6) is 0 Å². The summed E-state index contributed by atoms with van der Waals surface area (Å²) in [5.74, 6) is 0.762. The summed E-state index contributed by atoms with van der Waals surface area (Å²) >= 11 is 0. The van der Waals surface area contributed by atoms with Crippen molar-refractivity contribution < 1.29 is 4.79 Å². The van der Waals surface area contributed by atoms with E-state index in [9.17, 15) is 4.79 Å². The number of nitrogens with zero attached hydrogens (tertiary/aromatic N) is 3. The van der Waals surface area contributed by atoms with E-state index in [2.05, 4.69) is 53.2 Å². The standard InChI is InChI=1S/C25H27N3O/c1-18-5-4-13-28(16-18)25(29)20-9-10-22-19(15-20)6-2-8-24(22)27-14-11-23-21(17-27)7-3-12-26-23/h2-3,6-10,12,15,18H,4-5,11,13-14,16-17H2,1H3/t18-/m1/s1. The molecule has 0 aliphatic carbocycles. The van der Waals surface area contributed by atoms with E-state index in [1.807, 2.05) is 23.2 Å². The van der Waals surface area contributed by atoms with Crippen LogP contribution < -0.4 is 4.90 Å². The van der Waals surface area contributed by atoms with Crippen molar-refractivity contribution in [3.63, 3.8) is 0 Å². The third-order valence-electron chi connectivity index (χ3n) is 6.35. The maximum absolute atomic E-state index is 13.0. The molecule has 1 fully saturated rings. The zero-order chi connectivity index (χ0) is 19.8. The van der Waals surface area contributed by atoms with Crippen LogP contribution in [0.4, 0.5) is 5.69 Å². The van der Waals surface area contributed by atoms with Crippen LogP contribution in [0.25, 0.3) is 10.8 Å². The Hall–Kier alpha value is -2.88. The van der Waals surface area contributed by atoms with E-state index >= 15 is 0 Å². The summed E-state index contributed by atoms with van der Waals surface area (Å²) in [6.07, 6.45) is 5.18. The molecule has 0 spiro atoms. The highest BCUT2D eigenvalue weighted by Gasteiger charge is 2.23. The van der Waals surface area contributed by atoms with E-state index < -0.39 is 0 Å². The third kappa shape index (κ3) is 3.48. The normalized spacial score (nSPS) is 19.3. The Morgan fingerprint density at radius 2 is 2.03 bits per heavy atom. The predicted octanol–water partition coefficient (Wildman–Crippen LogP) is 4.67. The first-order valence-corrected chi connectivity index (χ1v) is 10.7. The second-order valence-electron chi connectivity index (χ2n) is 8.49. The lowest BCUT2D eigenvalue weighted by Crippen LogP contribution is -2.39. The average Bonchev–Trinajstić information content (AvgIpc) is 2.77. The second kappa shape index (κ2) is 7.51. The van der Waals surface area contributed by atoms with Crippen molar-refractivity contribution in [1.29, 1.82) is 0 Å². The Bertz CT molecular complexity index is 1060. The molecule has 0 unspecified atom stereocenters. The smallest absolute Gasteiger partial charge is 0.253 e. The number of carbonyl (C=O) groups is 1. The van der Waals surface area contributed by atoms with Crippen molar-refractivity contribution in [2.45, 2.75) is 32.7 Å². The van der Waals surface area contributed by atoms with E-state index in [4.69, 9.17) is 0 Å². The molecule has 0 radical (unpaired) electrons. The fraction of sp³-hybridized carbons (Fsp3) is 0.360. The summed E-state index contributed by atoms with van der Waals surface area (Å²) in [4.78, 5) is 22.0. The van der Waals surface area contributed by atoms with Gasteiger partial charge in [-0.2, -0.15) is 0 Å². The Labute approximate surface area is 172 Å². The number of benzene rings is 2. The highest BCUT2D eigenvalue weighted by atomic mass is 16.2. The summed E-state index contributed by atoms with van der Waals surface area (Å²) < 4.78 is 0. The number of anilines is 1. The molecule has 0 saturated carbocycles. The zero-order valence-corrected chi connectivity index (χ0v) is 17.0. The molecular formula is C25H27N3O. The van der Waals surface area contributed by atoms with Gasteiger partial charge in [0.2, 0.25) is 0 Å². The van der Waals surface area contributed by atoms with Crippen LogP contribution in [-0.4, -0.2) is 35.4 Å². The van der Waals surface area contributed by atoms with E-state index in [-0.39, 0.29) is 5.91 Å². The Kier molecular flexibility index (Phi) is 4.70. The Morgan fingerprint density at radius 1 is 1.10 bits per heavy atom. The van der Waals surface area contributed by atoms with E-state index in [0.29, 0.717) is 5.92 Å². The highest BCUT2D eigenvalue weighted by Crippen LogP contribution is 2.31. The maximum atomic E-state index is 13.0. The largest absolute Gasteiger partial charge is 0.366 e. The first kappa shape index (κ1) is 18.2. The molecule has 0 N–H and O–H groups in total. The van der Waals surface area contributed by atoms with Crippen molar-refractivity contribution in [3.8, 4) is 0 Å². The SMILES string of the molecule is C[C@@H]1CCCN(C(=O)c2ccc3c(N4CCc5ncccc5C4)cccc3c2)C1. The van der Waals surface area contributed by atoms with Crippen LogP contribution in [0.3, 0.4) is 0 Å². The molecule has 2 aliphatic heterocycles. The molecule has 0 bridgehead atoms. The number of rotatable bonds is 2. The van der Waals surface area contributed by atoms with Crippen LogP contribution in [0.2, 0.25) is 0 Å². The van der Waals surface area contributed by atoms with Crippen LogP contribution in [0, 0.1) is 5.92 Å². The average molecular weight is 386 g/mol. The molecule has 3 heterocycles. The first-order valence-electron chi connectivity index (χ1n) is 10.7. The number of carbonyl (C=O) groups excluding carboxylic acids is 1. The number of fused-ring (bicyclic) bond motifs is 2. The molecule has 5 rings (SSSR count). The highest BCUT2D eigenvalue weighted by molar-refractivity contribution is 6.02. The number of amides is 1. The number of hydrogen-bond acceptors (Lipinski definition) is 3. The number of aromatic nitrogens is 1. The summed E-state index contributed by atoms with van der Waals surface area (Å²) in [5.41, 5.74) is 4.56. The molecule has 148 valence electrons. The monoisotopic (exact) mass is 385 g/mol. The minimum atomic E-state index is 0.168. The summed E-state index contributed by atoms with van der Waals surface area (Å²) in [6, 6.07) is 16.8. The second-order valence-corrected chi connectivity index (χ2v) is 8.49. The quantitative estimate of drug-likeness (QED) is 0.643. The van der Waals surface area contributed by atoms with Gasteiger partial charge in [-0.3, -0.25) is 9.78 Å². The van der Waals surface area contributed by atoms with Gasteiger partial charge in [0.25, 0.3) is 5.91 Å². The molecule has 3 aromatic rings. The topological polar surface area (TPSA) is 36.4 Å². The summed E-state index contributed by atoms with van der Waals surface area (Å²) in [7, 11) is 0. The van der Waals surface area contributed by atoms with Gasteiger partial charge in [-0.1, -0.05) is 31.2 Å². The maximum Gasteiger partial charge on any atom is 0.253 e. The molecule has 29 heavy (non-hydrogen) atoms. The number of hydrogen-bond donors (Lipinski definition) is 0. The van der Waals surface area contributed by atoms with Crippen LogP contribution in [0.1, 0.15) is 41.4 Å². The van der Waals surface area contributed by atoms with Gasteiger partial charge in [0, 0.05) is 61.1 Å². The van der Waals surface area contributed by atoms with Gasteiger partial charge in [-0.25, -0.2) is 0 Å². The molecule has 2 aliphatic rings. The van der Waals surface area contributed by atoms with Crippen LogP contribution >= 0.6 is 0 Å². The zero-order valence-electron chi connectivity index (χ0n) is 17.0. The number of pyridine rings is 1. The Morgan fingerprint density at radius 3 is 2.93 bits per heavy atom. The van der Waals surface area contributed by atoms with Gasteiger partial charge in [-0.15, -0.1) is 0 Å². The van der Waals surface area contributed by atoms with Crippen molar-refractivity contribution >= 4 is 22.4 Å². The molecule has 1 aromatic heterocycles. The Balaban J connectivity index is 1.44. The van der Waals surface area contributed by atoms with Crippen molar-refractivity contribution in [2.75, 3.05) is 24.5 Å². The van der Waals surface area contributed by atoms with Gasteiger partial charge in [-0.05, 0) is 54.0 Å². The van der Waals surface area contributed by atoms with Crippen molar-refractivity contribution in [3.05, 3.63) is 71.5 Å². The lowest BCUT2D eigenvalue weighted by molar-refractivity contribution is 0.0683. The van der Waals surface area contributed by atoms with E-state index in [1.54, 1.807) is 0 Å². The van der Waals surface area contributed by atoms with Gasteiger partial charge < -0.3 is 9.80 Å². The minimum Gasteiger partial charge on any atom is -0.366 e. The van der Waals surface area contributed by atoms with E-state index in [0.717, 1.165) is 50.0 Å². The molecular weight excluding hydrogens is 358 g/mol. The van der Waals surface area contributed by atoms with Gasteiger partial charge in [0.15, 0.2) is 0 Å². The molecule has 4 nitrogen and oxygen atoms in total. The first-order chi connectivity index (χ1) is 14.2. The minimum absolute atomic E-state index is 0.168. The predicted molar refractivity (Wildman–Crippen MR) is 117 cm³/mol. The van der Waals surface area contributed by atoms with Crippen molar-refractivity contribution in [1.82, 2.24) is 9.88 Å². The van der Waals surface area contributed by atoms with Gasteiger partial charge in [0.05, 0.1) is 0 Å². The summed E-state index contributed by atoms with van der Waals surface area (Å²) in [6.45, 7) is 5.84. The molecule has 4 heteroatoms. The fourth-order valence-corrected chi connectivity index (χ4v) is 4.80. The lowest BCUT2D eigenvalue weighted by Gasteiger charge is -2.32. The van der Waals surface area contributed by atoms with Gasteiger partial charge >= 0.3 is 0 Å². The lowest BCUT2D eigenvalue weighted by atomic mass is 9.98. The number of piperidine rings is 1. The molecule has 2 aromatic carbocycles. The van der Waals surface area contributed by atoms with Crippen LogP contribution in [0.15, 0.2) is 54.7 Å². The number of likely N-dealkylation sites (tertiary alicyclic amines) is 1. The molecule has 1 amide bonds. The fourth-order valence-electron chi connectivity index (χ4n) is 4.80. The van der Waals surface area contributed by atoms with E-state index in [1.165, 1.54) is 28.8 Å². The molecule has 1 atom stereocenters. The van der Waals surface area contributed by atoms with Crippen LogP contribution in [-0.2, 0) is 13.0 Å². The van der Waals surface area contributed by atoms with Crippen molar-refractivity contribution in [2.24, 2.45) is 5.92 Å². The van der Waals surface area contributed by atoms with Gasteiger partial charge in [0.1, 0.15) is 0 Å². The third-order valence-corrected chi connectivity index (χ3v) is 6.35. The molecule has 1 saturated heterocycles. The summed E-state index contributed by atoms with van der Waals surface area (Å²) in [5, 5.41) is 2.35.